The summed E-state index contributed by atoms with van der Waals surface area (Å²) in [6.45, 7) is -0.0437. The van der Waals surface area contributed by atoms with Crippen molar-refractivity contribution in [3.8, 4) is 0 Å². The number of para-hydroxylation sites is 1. The van der Waals surface area contributed by atoms with E-state index in [1.165, 1.54) is 9.47 Å². The zero-order chi connectivity index (χ0) is 22.7. The zero-order valence-electron chi connectivity index (χ0n) is 18.1. The normalized spacial score (nSPS) is 20.5. The molecule has 3 heterocycles. The molecule has 3 amide bonds. The van der Waals surface area contributed by atoms with Gasteiger partial charge in [0.15, 0.2) is 5.82 Å². The van der Waals surface area contributed by atoms with Crippen molar-refractivity contribution >= 4 is 28.6 Å². The Morgan fingerprint density at radius 2 is 1.79 bits per heavy atom. The minimum atomic E-state index is -1.06. The second-order valence-corrected chi connectivity index (χ2v) is 8.72. The molecule has 6 rings (SSSR count). The van der Waals surface area contributed by atoms with E-state index < -0.39 is 11.6 Å². The van der Waals surface area contributed by atoms with E-state index in [1.54, 1.807) is 23.6 Å². The number of aromatic nitrogens is 4. The van der Waals surface area contributed by atoms with Gasteiger partial charge in [0, 0.05) is 7.05 Å². The number of hydrogen-bond donors (Lipinski definition) is 1. The fourth-order valence-corrected chi connectivity index (χ4v) is 5.25. The van der Waals surface area contributed by atoms with E-state index in [-0.39, 0.29) is 18.0 Å². The first-order chi connectivity index (χ1) is 16.0. The van der Waals surface area contributed by atoms with Crippen LogP contribution in [-0.2, 0) is 30.3 Å². The molecule has 1 N–H and O–H groups in total. The van der Waals surface area contributed by atoms with Crippen LogP contribution in [0, 0.1) is 0 Å². The molecule has 9 nitrogen and oxygen atoms in total. The molecule has 1 atom stereocenters. The summed E-state index contributed by atoms with van der Waals surface area (Å²) in [6.07, 6.45) is 3.25. The predicted molar refractivity (Wildman–Crippen MR) is 120 cm³/mol. The van der Waals surface area contributed by atoms with Crippen molar-refractivity contribution in [3.63, 3.8) is 0 Å². The maximum Gasteiger partial charge on any atom is 0.325 e. The molecule has 9 heteroatoms. The summed E-state index contributed by atoms with van der Waals surface area (Å²) in [5, 5.41) is 12.0. The lowest BCUT2D eigenvalue weighted by Gasteiger charge is -2.27. The van der Waals surface area contributed by atoms with E-state index in [0.29, 0.717) is 28.9 Å². The van der Waals surface area contributed by atoms with Gasteiger partial charge in [0.05, 0.1) is 17.4 Å². The average molecular weight is 442 g/mol. The Bertz CT molecular complexity index is 1520. The molecule has 33 heavy (non-hydrogen) atoms. The molecule has 1 saturated heterocycles. The van der Waals surface area contributed by atoms with Crippen LogP contribution in [0.25, 0.3) is 16.7 Å². The lowest BCUT2D eigenvalue weighted by Crippen LogP contribution is -2.44. The summed E-state index contributed by atoms with van der Waals surface area (Å²) in [4.78, 5) is 40.8. The van der Waals surface area contributed by atoms with Gasteiger partial charge in [-0.1, -0.05) is 36.4 Å². The molecule has 2 aliphatic rings. The number of amides is 3. The van der Waals surface area contributed by atoms with Gasteiger partial charge in [-0.2, -0.15) is 0 Å². The Labute approximate surface area is 188 Å². The first-order valence-corrected chi connectivity index (χ1v) is 11.1. The topological polar surface area (TPSA) is 102 Å². The Balaban J connectivity index is 1.46. The third-order valence-electron chi connectivity index (χ3n) is 6.89. The van der Waals surface area contributed by atoms with E-state index in [9.17, 15) is 14.4 Å². The molecule has 0 saturated carbocycles. The number of benzene rings is 2. The average Bonchev–Trinajstić information content (AvgIpc) is 3.28. The number of rotatable bonds is 2. The Morgan fingerprint density at radius 3 is 2.67 bits per heavy atom. The van der Waals surface area contributed by atoms with Crippen molar-refractivity contribution in [3.05, 3.63) is 75.8 Å². The van der Waals surface area contributed by atoms with Crippen molar-refractivity contribution in [2.24, 2.45) is 7.05 Å². The minimum absolute atomic E-state index is 0.0437. The molecule has 1 aliphatic heterocycles. The van der Waals surface area contributed by atoms with Crippen LogP contribution in [0.3, 0.4) is 0 Å². The van der Waals surface area contributed by atoms with Gasteiger partial charge >= 0.3 is 6.03 Å². The van der Waals surface area contributed by atoms with Crippen LogP contribution in [0.2, 0.25) is 0 Å². The van der Waals surface area contributed by atoms with Crippen LogP contribution in [0.1, 0.15) is 36.2 Å². The highest BCUT2D eigenvalue weighted by Gasteiger charge is 2.53. The number of urea groups is 1. The van der Waals surface area contributed by atoms with Crippen LogP contribution in [0.15, 0.2) is 53.3 Å². The number of carbonyl (C=O) groups is 2. The van der Waals surface area contributed by atoms with Crippen molar-refractivity contribution in [2.75, 3.05) is 0 Å². The van der Waals surface area contributed by atoms with Gasteiger partial charge in [0.1, 0.15) is 5.54 Å². The number of nitrogens with one attached hydrogen (secondary N) is 1. The Kier molecular flexibility index (Phi) is 4.17. The summed E-state index contributed by atoms with van der Waals surface area (Å²) in [5.74, 6) is 0.502. The summed E-state index contributed by atoms with van der Waals surface area (Å²) in [7, 11) is 1.63. The van der Waals surface area contributed by atoms with Crippen molar-refractivity contribution in [1.82, 2.24) is 29.4 Å². The number of imide groups is 1. The van der Waals surface area contributed by atoms with Crippen LogP contribution >= 0.6 is 0 Å². The molecule has 1 aliphatic carbocycles. The fraction of sp³-hybridized carbons (Fsp3) is 0.292. The maximum atomic E-state index is 13.8. The molecule has 2 aromatic carbocycles. The monoisotopic (exact) mass is 442 g/mol. The summed E-state index contributed by atoms with van der Waals surface area (Å²) in [5.41, 5.74) is 1.37. The molecule has 2 aromatic heterocycles. The minimum Gasteiger partial charge on any atom is -0.319 e. The third-order valence-corrected chi connectivity index (χ3v) is 6.89. The van der Waals surface area contributed by atoms with E-state index >= 15 is 0 Å². The molecule has 4 aromatic rings. The van der Waals surface area contributed by atoms with Gasteiger partial charge in [0.25, 0.3) is 11.5 Å². The largest absolute Gasteiger partial charge is 0.325 e. The van der Waals surface area contributed by atoms with Gasteiger partial charge in [-0.25, -0.2) is 4.79 Å². The van der Waals surface area contributed by atoms with Gasteiger partial charge < -0.3 is 5.32 Å². The van der Waals surface area contributed by atoms with Crippen LogP contribution < -0.4 is 10.9 Å². The number of fused-ring (bicyclic) bond motifs is 5. The van der Waals surface area contributed by atoms with Gasteiger partial charge in [0.2, 0.25) is 5.78 Å². The van der Waals surface area contributed by atoms with E-state index in [1.807, 2.05) is 36.4 Å². The summed E-state index contributed by atoms with van der Waals surface area (Å²) >= 11 is 0. The third kappa shape index (κ3) is 2.68. The molecule has 1 fully saturated rings. The molecule has 166 valence electrons. The van der Waals surface area contributed by atoms with E-state index in [4.69, 9.17) is 0 Å². The smallest absolute Gasteiger partial charge is 0.319 e. The fourth-order valence-electron chi connectivity index (χ4n) is 5.25. The second kappa shape index (κ2) is 6.99. The summed E-state index contributed by atoms with van der Waals surface area (Å²) in [6, 6.07) is 14.6. The molecule has 0 bridgehead atoms. The maximum absolute atomic E-state index is 13.8. The SMILES string of the molecule is Cn1c(=O)c2ccccc2n2c(CN3C(=O)NC4(CCCCc5ccccc54)C3=O)nnc12. The second-order valence-electron chi connectivity index (χ2n) is 8.72. The van der Waals surface area contributed by atoms with E-state index in [0.717, 1.165) is 30.4 Å². The number of aryl methyl sites for hydroxylation is 2. The van der Waals surface area contributed by atoms with Gasteiger partial charge in [-0.3, -0.25) is 23.5 Å². The quantitative estimate of drug-likeness (QED) is 0.480. The Hall–Kier alpha value is -4.01. The van der Waals surface area contributed by atoms with Gasteiger partial charge in [-0.15, -0.1) is 10.2 Å². The number of hydrogen-bond acceptors (Lipinski definition) is 5. The Morgan fingerprint density at radius 1 is 1.00 bits per heavy atom. The molecular formula is C24H22N6O3. The molecule has 0 radical (unpaired) electrons. The summed E-state index contributed by atoms with van der Waals surface area (Å²) < 4.78 is 3.16. The molecular weight excluding hydrogens is 420 g/mol. The van der Waals surface area contributed by atoms with Crippen molar-refractivity contribution < 1.29 is 9.59 Å². The van der Waals surface area contributed by atoms with Crippen molar-refractivity contribution in [2.45, 2.75) is 37.8 Å². The highest BCUT2D eigenvalue weighted by Crippen LogP contribution is 2.39. The standard InChI is InChI=1S/C24H22N6O3/c1-28-20(31)16-10-3-5-12-18(16)30-19(26-27-22(28)30)14-29-21(32)24(25-23(29)33)13-7-6-9-15-8-2-4-11-17(15)24/h2-5,8,10-12H,6-7,9,13-14H2,1H3,(H,25,33). The van der Waals surface area contributed by atoms with Crippen molar-refractivity contribution in [1.29, 1.82) is 0 Å². The van der Waals surface area contributed by atoms with Crippen LogP contribution in [0.5, 0.6) is 0 Å². The lowest BCUT2D eigenvalue weighted by atomic mass is 9.84. The molecule has 1 spiro atoms. The van der Waals surface area contributed by atoms with Crippen LogP contribution in [0.4, 0.5) is 4.79 Å². The first-order valence-electron chi connectivity index (χ1n) is 11.1. The van der Waals surface area contributed by atoms with Crippen LogP contribution in [-0.4, -0.2) is 36.0 Å². The highest BCUT2D eigenvalue weighted by atomic mass is 16.2. The predicted octanol–water partition coefficient (Wildman–Crippen LogP) is 2.25. The first kappa shape index (κ1) is 19.7. The lowest BCUT2D eigenvalue weighted by molar-refractivity contribution is -0.132. The van der Waals surface area contributed by atoms with E-state index in [2.05, 4.69) is 15.5 Å². The number of carbonyl (C=O) groups excluding carboxylic acids is 2. The molecule has 1 unspecified atom stereocenters. The van der Waals surface area contributed by atoms with Gasteiger partial charge in [-0.05, 0) is 48.9 Å². The highest BCUT2D eigenvalue weighted by molar-refractivity contribution is 6.07. The zero-order valence-corrected chi connectivity index (χ0v) is 18.1. The number of nitrogens with zero attached hydrogens (tertiary/aromatic N) is 5.